The number of anilines is 1. The van der Waals surface area contributed by atoms with Crippen molar-refractivity contribution in [2.75, 3.05) is 11.9 Å². The minimum atomic E-state index is -0.154. The zero-order valence-corrected chi connectivity index (χ0v) is 15.3. The Morgan fingerprint density at radius 2 is 1.92 bits per heavy atom. The summed E-state index contributed by atoms with van der Waals surface area (Å²) in [6, 6.07) is 9.19. The van der Waals surface area contributed by atoms with Crippen LogP contribution in [0.25, 0.3) is 0 Å². The minimum Gasteiger partial charge on any atom is -0.368 e. The molecule has 0 aliphatic heterocycles. The maximum absolute atomic E-state index is 12.1. The van der Waals surface area contributed by atoms with Gasteiger partial charge in [-0.25, -0.2) is 0 Å². The normalized spacial score (nSPS) is 14.5. The summed E-state index contributed by atoms with van der Waals surface area (Å²) in [5.41, 5.74) is 1.36. The number of carbonyl (C=O) groups excluding carboxylic acids is 1. The van der Waals surface area contributed by atoms with Crippen LogP contribution in [0.5, 0.6) is 0 Å². The van der Waals surface area contributed by atoms with Crippen molar-refractivity contribution in [3.8, 4) is 0 Å². The summed E-state index contributed by atoms with van der Waals surface area (Å²) in [7, 11) is 0. The van der Waals surface area contributed by atoms with E-state index in [4.69, 9.17) is 23.2 Å². The molecule has 3 rings (SSSR count). The third-order valence-corrected chi connectivity index (χ3v) is 4.89. The smallest absolute Gasteiger partial charge is 0.272 e. The van der Waals surface area contributed by atoms with Crippen LogP contribution in [0, 0.1) is 0 Å². The van der Waals surface area contributed by atoms with Crippen molar-refractivity contribution >= 4 is 34.9 Å². The third kappa shape index (κ3) is 5.06. The van der Waals surface area contributed by atoms with E-state index in [0.717, 1.165) is 24.8 Å². The first kappa shape index (κ1) is 18.0. The predicted molar refractivity (Wildman–Crippen MR) is 100 cm³/mol. The molecule has 0 unspecified atom stereocenters. The van der Waals surface area contributed by atoms with Gasteiger partial charge in [-0.15, -0.1) is 10.2 Å². The summed E-state index contributed by atoms with van der Waals surface area (Å²) in [6.45, 7) is 0.656. The molecule has 2 N–H and O–H groups in total. The Labute approximate surface area is 157 Å². The fourth-order valence-corrected chi connectivity index (χ4v) is 3.43. The molecule has 1 amide bonds. The van der Waals surface area contributed by atoms with Crippen LogP contribution in [-0.4, -0.2) is 28.7 Å². The second kappa shape index (κ2) is 8.50. The number of benzene rings is 1. The summed E-state index contributed by atoms with van der Waals surface area (Å²) in [6.07, 6.45) is 5.19. The van der Waals surface area contributed by atoms with Gasteiger partial charge in [0.05, 0.1) is 0 Å². The number of rotatable bonds is 6. The Hall–Kier alpha value is -1.85. The second-order valence-electron chi connectivity index (χ2n) is 6.17. The van der Waals surface area contributed by atoms with E-state index in [9.17, 15) is 4.79 Å². The number of halogens is 2. The van der Waals surface area contributed by atoms with Crippen molar-refractivity contribution in [3.05, 3.63) is 51.6 Å². The highest BCUT2D eigenvalue weighted by atomic mass is 35.5. The SMILES string of the molecule is O=C(NC1CCCC1)c1ccc(NCCc2ccc(Cl)cc2Cl)nn1. The van der Waals surface area contributed by atoms with Crippen molar-refractivity contribution in [1.82, 2.24) is 15.5 Å². The lowest BCUT2D eigenvalue weighted by Gasteiger charge is -2.11. The topological polar surface area (TPSA) is 66.9 Å². The van der Waals surface area contributed by atoms with Crippen LogP contribution in [-0.2, 0) is 6.42 Å². The van der Waals surface area contributed by atoms with Crippen molar-refractivity contribution in [2.45, 2.75) is 38.1 Å². The van der Waals surface area contributed by atoms with Gasteiger partial charge in [0.1, 0.15) is 5.82 Å². The lowest BCUT2D eigenvalue weighted by atomic mass is 10.1. The van der Waals surface area contributed by atoms with Crippen molar-refractivity contribution in [1.29, 1.82) is 0 Å². The quantitative estimate of drug-likeness (QED) is 0.793. The Morgan fingerprint density at radius 1 is 1.12 bits per heavy atom. The lowest BCUT2D eigenvalue weighted by molar-refractivity contribution is 0.0932. The number of carbonyl (C=O) groups is 1. The molecule has 7 heteroatoms. The zero-order chi connectivity index (χ0) is 17.6. The van der Waals surface area contributed by atoms with E-state index < -0.39 is 0 Å². The maximum Gasteiger partial charge on any atom is 0.272 e. The van der Waals surface area contributed by atoms with Crippen LogP contribution in [0.15, 0.2) is 30.3 Å². The van der Waals surface area contributed by atoms with Crippen LogP contribution in [0.4, 0.5) is 5.82 Å². The number of amides is 1. The highest BCUT2D eigenvalue weighted by Crippen LogP contribution is 2.21. The van der Waals surface area contributed by atoms with Gasteiger partial charge in [-0.1, -0.05) is 42.1 Å². The molecule has 1 saturated carbocycles. The van der Waals surface area contributed by atoms with Gasteiger partial charge in [-0.2, -0.15) is 0 Å². The average molecular weight is 379 g/mol. The molecule has 1 fully saturated rings. The molecule has 0 bridgehead atoms. The van der Waals surface area contributed by atoms with Crippen LogP contribution in [0.3, 0.4) is 0 Å². The largest absolute Gasteiger partial charge is 0.368 e. The molecule has 0 atom stereocenters. The molecule has 25 heavy (non-hydrogen) atoms. The molecule has 2 aromatic rings. The Bertz CT molecular complexity index is 730. The molecule has 1 aromatic carbocycles. The minimum absolute atomic E-state index is 0.154. The fraction of sp³-hybridized carbons (Fsp3) is 0.389. The van der Waals surface area contributed by atoms with Crippen molar-refractivity contribution in [2.24, 2.45) is 0 Å². The second-order valence-corrected chi connectivity index (χ2v) is 7.01. The van der Waals surface area contributed by atoms with Gasteiger partial charge in [0.25, 0.3) is 5.91 Å². The summed E-state index contributed by atoms with van der Waals surface area (Å²) < 4.78 is 0. The summed E-state index contributed by atoms with van der Waals surface area (Å²) >= 11 is 12.0. The number of nitrogens with zero attached hydrogens (tertiary/aromatic N) is 2. The number of aromatic nitrogens is 2. The van der Waals surface area contributed by atoms with Crippen molar-refractivity contribution in [3.63, 3.8) is 0 Å². The predicted octanol–water partition coefficient (Wildman–Crippen LogP) is 4.11. The molecule has 1 aromatic heterocycles. The van der Waals surface area contributed by atoms with Crippen LogP contribution in [0.1, 0.15) is 41.7 Å². The zero-order valence-electron chi connectivity index (χ0n) is 13.8. The molecular weight excluding hydrogens is 359 g/mol. The highest BCUT2D eigenvalue weighted by molar-refractivity contribution is 6.35. The van der Waals surface area contributed by atoms with Gasteiger partial charge in [0, 0.05) is 22.6 Å². The highest BCUT2D eigenvalue weighted by Gasteiger charge is 2.18. The lowest BCUT2D eigenvalue weighted by Crippen LogP contribution is -2.33. The number of nitrogens with one attached hydrogen (secondary N) is 2. The third-order valence-electron chi connectivity index (χ3n) is 4.30. The molecule has 1 aliphatic rings. The molecular formula is C18H20Cl2N4O. The molecule has 0 spiro atoms. The fourth-order valence-electron chi connectivity index (χ4n) is 2.93. The van der Waals surface area contributed by atoms with Gasteiger partial charge in [0.15, 0.2) is 5.69 Å². The summed E-state index contributed by atoms with van der Waals surface area (Å²) in [4.78, 5) is 12.1. The molecule has 5 nitrogen and oxygen atoms in total. The number of hydrogen-bond donors (Lipinski definition) is 2. The first-order chi connectivity index (χ1) is 12.1. The van der Waals surface area contributed by atoms with E-state index in [1.165, 1.54) is 12.8 Å². The van der Waals surface area contributed by atoms with Crippen LogP contribution >= 0.6 is 23.2 Å². The molecule has 1 aliphatic carbocycles. The maximum atomic E-state index is 12.1. The van der Waals surface area contributed by atoms with Crippen LogP contribution < -0.4 is 10.6 Å². The van der Waals surface area contributed by atoms with E-state index in [0.29, 0.717) is 28.1 Å². The first-order valence-electron chi connectivity index (χ1n) is 8.44. The summed E-state index contributed by atoms with van der Waals surface area (Å²) in [5.74, 6) is 0.474. The molecule has 1 heterocycles. The Morgan fingerprint density at radius 3 is 2.60 bits per heavy atom. The standard InChI is InChI=1S/C18H20Cl2N4O/c19-13-6-5-12(15(20)11-13)9-10-21-17-8-7-16(23-24-17)18(25)22-14-3-1-2-4-14/h5-8,11,14H,1-4,9-10H2,(H,21,24)(H,22,25). The Balaban J connectivity index is 1.49. The van der Waals surface area contributed by atoms with Gasteiger partial charge >= 0.3 is 0 Å². The molecule has 0 radical (unpaired) electrons. The average Bonchev–Trinajstić information content (AvgIpc) is 3.10. The van der Waals surface area contributed by atoms with E-state index >= 15 is 0 Å². The summed E-state index contributed by atoms with van der Waals surface area (Å²) in [5, 5.41) is 15.5. The van der Waals surface area contributed by atoms with Crippen LogP contribution in [0.2, 0.25) is 10.0 Å². The van der Waals surface area contributed by atoms with E-state index in [2.05, 4.69) is 20.8 Å². The van der Waals surface area contributed by atoms with E-state index in [-0.39, 0.29) is 11.9 Å². The van der Waals surface area contributed by atoms with E-state index in [1.807, 2.05) is 12.1 Å². The molecule has 0 saturated heterocycles. The van der Waals surface area contributed by atoms with Gasteiger partial charge in [-0.05, 0) is 49.1 Å². The van der Waals surface area contributed by atoms with Gasteiger partial charge in [-0.3, -0.25) is 4.79 Å². The monoisotopic (exact) mass is 378 g/mol. The Kier molecular flexibility index (Phi) is 6.10. The first-order valence-corrected chi connectivity index (χ1v) is 9.20. The molecule has 132 valence electrons. The van der Waals surface area contributed by atoms with E-state index in [1.54, 1.807) is 18.2 Å². The van der Waals surface area contributed by atoms with Gasteiger partial charge in [0.2, 0.25) is 0 Å². The number of hydrogen-bond acceptors (Lipinski definition) is 4. The van der Waals surface area contributed by atoms with Crippen molar-refractivity contribution < 1.29 is 4.79 Å². The van der Waals surface area contributed by atoms with Gasteiger partial charge < -0.3 is 10.6 Å².